The Labute approximate surface area is 264 Å². The van der Waals surface area contributed by atoms with E-state index in [2.05, 4.69) is 30.7 Å². The van der Waals surface area contributed by atoms with Gasteiger partial charge in [-0.3, -0.25) is 20.0 Å². The molecule has 4 rings (SSSR count). The molecule has 2 aromatic carbocycles. The third-order valence-electron chi connectivity index (χ3n) is 6.95. The van der Waals surface area contributed by atoms with E-state index >= 15 is 0 Å². The predicted molar refractivity (Wildman–Crippen MR) is 172 cm³/mol. The molecule has 3 amide bonds. The van der Waals surface area contributed by atoms with Crippen LogP contribution in [0, 0.1) is 0 Å². The lowest BCUT2D eigenvalue weighted by Gasteiger charge is -2.36. The number of ether oxygens (including phenoxy) is 3. The number of amides is 3. The fourth-order valence-corrected chi connectivity index (χ4v) is 4.69. The molecular weight excluding hydrogens is 576 g/mol. The van der Waals surface area contributed by atoms with Gasteiger partial charge in [-0.1, -0.05) is 18.2 Å². The fourth-order valence-electron chi connectivity index (χ4n) is 4.69. The molecule has 12 heteroatoms. The molecule has 1 fully saturated rings. The fraction of sp³-hybridized carbons (Fsp3) is 0.394. The normalized spacial score (nSPS) is 13.6. The maximum atomic E-state index is 13.7. The summed E-state index contributed by atoms with van der Waals surface area (Å²) in [6, 6.07) is 16.1. The molecule has 2 heterocycles. The molecular formula is C33H42N6O6. The molecule has 1 saturated heterocycles. The second-order valence-electron chi connectivity index (χ2n) is 11.6. The van der Waals surface area contributed by atoms with Crippen LogP contribution in [0.3, 0.4) is 0 Å². The number of nitrogens with one attached hydrogen (secondary N) is 3. The Hall–Kier alpha value is -4.68. The van der Waals surface area contributed by atoms with Crippen molar-refractivity contribution in [3.8, 4) is 0 Å². The SMILES string of the molecule is COCCN1CCN(c2ccc(NC(=O)OC(C)(C)C)cc2C(=O)Nc2ccc(CNC(=O)OCc3cccnc3)cc2)CC1. The van der Waals surface area contributed by atoms with Gasteiger partial charge in [-0.15, -0.1) is 0 Å². The summed E-state index contributed by atoms with van der Waals surface area (Å²) in [7, 11) is 1.70. The molecule has 0 aliphatic carbocycles. The van der Waals surface area contributed by atoms with Gasteiger partial charge in [-0.2, -0.15) is 0 Å². The summed E-state index contributed by atoms with van der Waals surface area (Å²) in [5, 5.41) is 8.43. The summed E-state index contributed by atoms with van der Waals surface area (Å²) in [5.41, 5.74) is 3.22. The summed E-state index contributed by atoms with van der Waals surface area (Å²) in [6.07, 6.45) is 2.16. The maximum Gasteiger partial charge on any atom is 0.412 e. The highest BCUT2D eigenvalue weighted by Gasteiger charge is 2.23. The minimum absolute atomic E-state index is 0.130. The molecule has 3 aromatic rings. The summed E-state index contributed by atoms with van der Waals surface area (Å²) >= 11 is 0. The van der Waals surface area contributed by atoms with Crippen molar-refractivity contribution in [2.75, 3.05) is 62.0 Å². The first-order chi connectivity index (χ1) is 21.6. The number of anilines is 3. The molecule has 1 aliphatic heterocycles. The number of alkyl carbamates (subject to hydrolysis) is 1. The standard InChI is InChI=1S/C33H42N6O6/c1-33(2,3)45-32(42)37-27-11-12-29(39-16-14-38(15-17-39)18-19-43-4)28(20-27)30(40)36-26-9-7-24(8-10-26)22-35-31(41)44-23-25-6-5-13-34-21-25/h5-13,20-21H,14-19,22-23H2,1-4H3,(H,35,41)(H,36,40)(H,37,42). The lowest BCUT2D eigenvalue weighted by Crippen LogP contribution is -2.47. The smallest absolute Gasteiger partial charge is 0.412 e. The van der Waals surface area contributed by atoms with Gasteiger partial charge in [0.25, 0.3) is 5.91 Å². The molecule has 1 aliphatic rings. The summed E-state index contributed by atoms with van der Waals surface area (Å²) in [4.78, 5) is 46.7. The van der Waals surface area contributed by atoms with Gasteiger partial charge >= 0.3 is 12.2 Å². The molecule has 0 radical (unpaired) electrons. The van der Waals surface area contributed by atoms with E-state index in [1.807, 2.05) is 24.3 Å². The quantitative estimate of drug-likeness (QED) is 0.275. The van der Waals surface area contributed by atoms with Gasteiger partial charge in [0.15, 0.2) is 0 Å². The number of hydrogen-bond acceptors (Lipinski definition) is 9. The van der Waals surface area contributed by atoms with Crippen molar-refractivity contribution in [2.24, 2.45) is 0 Å². The lowest BCUT2D eigenvalue weighted by molar-refractivity contribution is 0.0635. The van der Waals surface area contributed by atoms with Gasteiger partial charge < -0.3 is 29.7 Å². The summed E-state index contributed by atoms with van der Waals surface area (Å²) in [5.74, 6) is -0.315. The molecule has 0 atom stereocenters. The van der Waals surface area contributed by atoms with Crippen LogP contribution in [0.1, 0.15) is 42.3 Å². The van der Waals surface area contributed by atoms with Crippen LogP contribution in [0.15, 0.2) is 67.0 Å². The number of benzene rings is 2. The number of rotatable bonds is 11. The van der Waals surface area contributed by atoms with Gasteiger partial charge in [0.1, 0.15) is 12.2 Å². The number of hydrogen-bond donors (Lipinski definition) is 3. The first-order valence-electron chi connectivity index (χ1n) is 14.9. The van der Waals surface area contributed by atoms with E-state index in [0.717, 1.165) is 49.5 Å². The van der Waals surface area contributed by atoms with E-state index in [1.54, 1.807) is 70.6 Å². The number of nitrogens with zero attached hydrogens (tertiary/aromatic N) is 3. The monoisotopic (exact) mass is 618 g/mol. The third-order valence-corrected chi connectivity index (χ3v) is 6.95. The van der Waals surface area contributed by atoms with Crippen molar-refractivity contribution in [2.45, 2.75) is 39.5 Å². The maximum absolute atomic E-state index is 13.7. The van der Waals surface area contributed by atoms with Crippen molar-refractivity contribution in [1.29, 1.82) is 0 Å². The average molecular weight is 619 g/mol. The zero-order valence-electron chi connectivity index (χ0n) is 26.3. The predicted octanol–water partition coefficient (Wildman–Crippen LogP) is 4.88. The molecule has 1 aromatic heterocycles. The van der Waals surface area contributed by atoms with Crippen molar-refractivity contribution in [3.05, 3.63) is 83.7 Å². The van der Waals surface area contributed by atoms with Gasteiger partial charge in [0.2, 0.25) is 0 Å². The average Bonchev–Trinajstić information content (AvgIpc) is 3.02. The van der Waals surface area contributed by atoms with Crippen LogP contribution in [0.4, 0.5) is 26.7 Å². The van der Waals surface area contributed by atoms with Crippen molar-refractivity contribution in [3.63, 3.8) is 0 Å². The Kier molecular flexibility index (Phi) is 11.7. The van der Waals surface area contributed by atoms with Gasteiger partial charge in [-0.05, 0) is 62.7 Å². The van der Waals surface area contributed by atoms with E-state index in [-0.39, 0.29) is 19.1 Å². The number of pyridine rings is 1. The zero-order chi connectivity index (χ0) is 32.2. The second kappa shape index (κ2) is 15.9. The number of methoxy groups -OCH3 is 1. The first-order valence-corrected chi connectivity index (χ1v) is 14.9. The molecule has 3 N–H and O–H groups in total. The molecule has 12 nitrogen and oxygen atoms in total. The van der Waals surface area contributed by atoms with Gasteiger partial charge in [-0.25, -0.2) is 9.59 Å². The Morgan fingerprint density at radius 2 is 1.62 bits per heavy atom. The Morgan fingerprint density at radius 1 is 0.889 bits per heavy atom. The van der Waals surface area contributed by atoms with Crippen LogP contribution < -0.4 is 20.9 Å². The summed E-state index contributed by atoms with van der Waals surface area (Å²) < 4.78 is 15.8. The topological polar surface area (TPSA) is 134 Å². The van der Waals surface area contributed by atoms with Crippen molar-refractivity contribution in [1.82, 2.24) is 15.2 Å². The van der Waals surface area contributed by atoms with Gasteiger partial charge in [0, 0.05) is 81.4 Å². The van der Waals surface area contributed by atoms with E-state index in [4.69, 9.17) is 14.2 Å². The van der Waals surface area contributed by atoms with E-state index in [9.17, 15) is 14.4 Å². The molecule has 0 unspecified atom stereocenters. The molecule has 0 spiro atoms. The first kappa shape index (κ1) is 33.2. The second-order valence-corrected chi connectivity index (χ2v) is 11.6. The molecule has 45 heavy (non-hydrogen) atoms. The van der Waals surface area contributed by atoms with E-state index in [0.29, 0.717) is 23.5 Å². The van der Waals surface area contributed by atoms with Crippen LogP contribution >= 0.6 is 0 Å². The minimum Gasteiger partial charge on any atom is -0.445 e. The van der Waals surface area contributed by atoms with Crippen molar-refractivity contribution < 1.29 is 28.6 Å². The summed E-state index contributed by atoms with van der Waals surface area (Å²) in [6.45, 7) is 10.5. The van der Waals surface area contributed by atoms with Crippen molar-refractivity contribution >= 4 is 35.2 Å². The third kappa shape index (κ3) is 10.8. The minimum atomic E-state index is -0.658. The highest BCUT2D eigenvalue weighted by Crippen LogP contribution is 2.27. The molecule has 0 saturated carbocycles. The number of carbonyl (C=O) groups excluding carboxylic acids is 3. The largest absolute Gasteiger partial charge is 0.445 e. The van der Waals surface area contributed by atoms with Crippen LogP contribution in [-0.2, 0) is 27.4 Å². The Morgan fingerprint density at radius 3 is 2.29 bits per heavy atom. The molecule has 0 bridgehead atoms. The van der Waals surface area contributed by atoms with Crippen LogP contribution in [-0.4, -0.2) is 80.0 Å². The van der Waals surface area contributed by atoms with Gasteiger partial charge in [0.05, 0.1) is 12.2 Å². The number of aromatic nitrogens is 1. The Bertz CT molecular complexity index is 1420. The van der Waals surface area contributed by atoms with E-state index in [1.165, 1.54) is 0 Å². The molecule has 240 valence electrons. The highest BCUT2D eigenvalue weighted by atomic mass is 16.6. The van der Waals surface area contributed by atoms with Crippen LogP contribution in [0.2, 0.25) is 0 Å². The highest BCUT2D eigenvalue weighted by molar-refractivity contribution is 6.09. The number of carbonyl (C=O) groups is 3. The van der Waals surface area contributed by atoms with Crippen LogP contribution in [0.25, 0.3) is 0 Å². The zero-order valence-corrected chi connectivity index (χ0v) is 26.3. The lowest BCUT2D eigenvalue weighted by atomic mass is 10.1. The Balaban J connectivity index is 1.40. The van der Waals surface area contributed by atoms with Crippen LogP contribution in [0.5, 0.6) is 0 Å². The number of piperazine rings is 1. The van der Waals surface area contributed by atoms with E-state index < -0.39 is 17.8 Å².